The van der Waals surface area contributed by atoms with Crippen LogP contribution in [0, 0.1) is 5.41 Å². The van der Waals surface area contributed by atoms with Gasteiger partial charge in [0.1, 0.15) is 0 Å². The number of methoxy groups -OCH3 is 1. The SMILES string of the molecule is COc1ccc(N)c(NC2CCCCC2(C)C)n1. The topological polar surface area (TPSA) is 60.2 Å². The van der Waals surface area contributed by atoms with Gasteiger partial charge < -0.3 is 15.8 Å². The van der Waals surface area contributed by atoms with Gasteiger partial charge in [0.2, 0.25) is 5.88 Å². The molecule has 1 fully saturated rings. The lowest BCUT2D eigenvalue weighted by molar-refractivity contribution is 0.216. The third-order valence-corrected chi connectivity index (χ3v) is 3.93. The highest BCUT2D eigenvalue weighted by Crippen LogP contribution is 2.37. The van der Waals surface area contributed by atoms with Gasteiger partial charge in [-0.25, -0.2) is 0 Å². The number of pyridine rings is 1. The molecule has 1 atom stereocenters. The molecule has 18 heavy (non-hydrogen) atoms. The van der Waals surface area contributed by atoms with Gasteiger partial charge in [0.25, 0.3) is 0 Å². The molecule has 1 unspecified atom stereocenters. The zero-order valence-electron chi connectivity index (χ0n) is 11.5. The van der Waals surface area contributed by atoms with Gasteiger partial charge in [-0.2, -0.15) is 4.98 Å². The Morgan fingerprint density at radius 2 is 2.17 bits per heavy atom. The van der Waals surface area contributed by atoms with E-state index in [2.05, 4.69) is 24.1 Å². The minimum atomic E-state index is 0.287. The Kier molecular flexibility index (Phi) is 3.64. The Bertz CT molecular complexity index is 418. The zero-order chi connectivity index (χ0) is 13.2. The van der Waals surface area contributed by atoms with Crippen LogP contribution in [0.5, 0.6) is 5.88 Å². The maximum absolute atomic E-state index is 5.97. The van der Waals surface area contributed by atoms with Crippen molar-refractivity contribution in [3.63, 3.8) is 0 Å². The fraction of sp³-hybridized carbons (Fsp3) is 0.643. The molecule has 0 aliphatic heterocycles. The number of hydrogen-bond donors (Lipinski definition) is 2. The predicted molar refractivity (Wildman–Crippen MR) is 74.9 cm³/mol. The summed E-state index contributed by atoms with van der Waals surface area (Å²) in [5.74, 6) is 1.34. The monoisotopic (exact) mass is 249 g/mol. The molecule has 4 heteroatoms. The van der Waals surface area contributed by atoms with Crippen molar-refractivity contribution < 1.29 is 4.74 Å². The highest BCUT2D eigenvalue weighted by molar-refractivity contribution is 5.62. The number of anilines is 2. The predicted octanol–water partition coefficient (Wildman–Crippen LogP) is 3.05. The van der Waals surface area contributed by atoms with Crippen LogP contribution in [0.2, 0.25) is 0 Å². The molecular weight excluding hydrogens is 226 g/mol. The molecule has 1 aromatic rings. The van der Waals surface area contributed by atoms with Gasteiger partial charge in [0.05, 0.1) is 12.8 Å². The van der Waals surface area contributed by atoms with Gasteiger partial charge in [-0.05, 0) is 24.3 Å². The van der Waals surface area contributed by atoms with E-state index in [1.807, 2.05) is 6.07 Å². The van der Waals surface area contributed by atoms with Crippen molar-refractivity contribution in [1.29, 1.82) is 0 Å². The van der Waals surface area contributed by atoms with Gasteiger partial charge in [0.15, 0.2) is 5.82 Å². The van der Waals surface area contributed by atoms with Crippen LogP contribution in [0.25, 0.3) is 0 Å². The van der Waals surface area contributed by atoms with Crippen molar-refractivity contribution in [2.75, 3.05) is 18.2 Å². The summed E-state index contributed by atoms with van der Waals surface area (Å²) in [7, 11) is 1.62. The van der Waals surface area contributed by atoms with Gasteiger partial charge in [0, 0.05) is 12.1 Å². The number of ether oxygens (including phenoxy) is 1. The van der Waals surface area contributed by atoms with E-state index in [1.54, 1.807) is 13.2 Å². The summed E-state index contributed by atoms with van der Waals surface area (Å²) >= 11 is 0. The summed E-state index contributed by atoms with van der Waals surface area (Å²) in [6.07, 6.45) is 5.00. The van der Waals surface area contributed by atoms with E-state index < -0.39 is 0 Å². The normalized spacial score (nSPS) is 22.5. The van der Waals surface area contributed by atoms with Crippen LogP contribution >= 0.6 is 0 Å². The lowest BCUT2D eigenvalue weighted by Gasteiger charge is -2.39. The lowest BCUT2D eigenvalue weighted by atomic mass is 9.73. The Balaban J connectivity index is 2.17. The zero-order valence-corrected chi connectivity index (χ0v) is 11.5. The summed E-state index contributed by atoms with van der Waals surface area (Å²) < 4.78 is 5.14. The summed E-state index contributed by atoms with van der Waals surface area (Å²) in [6.45, 7) is 4.61. The molecule has 0 radical (unpaired) electrons. The van der Waals surface area contributed by atoms with Gasteiger partial charge in [-0.3, -0.25) is 0 Å². The largest absolute Gasteiger partial charge is 0.481 e. The highest BCUT2D eigenvalue weighted by atomic mass is 16.5. The van der Waals surface area contributed by atoms with E-state index in [0.29, 0.717) is 17.6 Å². The highest BCUT2D eigenvalue weighted by Gasteiger charge is 2.32. The first-order valence-corrected chi connectivity index (χ1v) is 6.60. The van der Waals surface area contributed by atoms with Crippen molar-refractivity contribution in [3.8, 4) is 5.88 Å². The number of rotatable bonds is 3. The Morgan fingerprint density at radius 3 is 2.83 bits per heavy atom. The Morgan fingerprint density at radius 1 is 1.39 bits per heavy atom. The standard InChI is InChI=1S/C14H23N3O/c1-14(2)9-5-4-6-11(14)16-13-10(15)7-8-12(17-13)18-3/h7-8,11H,4-6,9,15H2,1-3H3,(H,16,17). The van der Waals surface area contributed by atoms with Crippen LogP contribution < -0.4 is 15.8 Å². The fourth-order valence-electron chi connectivity index (χ4n) is 2.61. The minimum Gasteiger partial charge on any atom is -0.481 e. The van der Waals surface area contributed by atoms with E-state index in [4.69, 9.17) is 10.5 Å². The minimum absolute atomic E-state index is 0.287. The van der Waals surface area contributed by atoms with Crippen LogP contribution in [-0.2, 0) is 0 Å². The lowest BCUT2D eigenvalue weighted by Crippen LogP contribution is -2.39. The van der Waals surface area contributed by atoms with Crippen molar-refractivity contribution in [2.24, 2.45) is 5.41 Å². The van der Waals surface area contributed by atoms with Crippen molar-refractivity contribution >= 4 is 11.5 Å². The van der Waals surface area contributed by atoms with Crippen molar-refractivity contribution in [3.05, 3.63) is 12.1 Å². The number of nitrogens with two attached hydrogens (primary N) is 1. The molecule has 0 spiro atoms. The first-order chi connectivity index (χ1) is 8.53. The van der Waals surface area contributed by atoms with Gasteiger partial charge >= 0.3 is 0 Å². The maximum Gasteiger partial charge on any atom is 0.215 e. The Labute approximate surface area is 109 Å². The van der Waals surface area contributed by atoms with Crippen LogP contribution in [0.15, 0.2) is 12.1 Å². The first kappa shape index (κ1) is 13.0. The summed E-state index contributed by atoms with van der Waals surface area (Å²) in [5.41, 5.74) is 6.93. The molecule has 1 aliphatic carbocycles. The van der Waals surface area contributed by atoms with Crippen LogP contribution in [0.1, 0.15) is 39.5 Å². The summed E-state index contributed by atoms with van der Waals surface area (Å²) in [4.78, 5) is 4.39. The first-order valence-electron chi connectivity index (χ1n) is 6.60. The second-order valence-corrected chi connectivity index (χ2v) is 5.72. The molecule has 1 aromatic heterocycles. The molecule has 4 nitrogen and oxygen atoms in total. The Hall–Kier alpha value is -1.45. The molecule has 3 N–H and O–H groups in total. The number of aromatic nitrogens is 1. The molecule has 1 aliphatic rings. The second kappa shape index (κ2) is 5.04. The molecule has 0 amide bonds. The molecular formula is C14H23N3O. The van der Waals surface area contributed by atoms with E-state index in [1.165, 1.54) is 25.7 Å². The van der Waals surface area contributed by atoms with Crippen molar-refractivity contribution in [2.45, 2.75) is 45.6 Å². The van der Waals surface area contributed by atoms with E-state index in [9.17, 15) is 0 Å². The van der Waals surface area contributed by atoms with Crippen LogP contribution in [0.4, 0.5) is 11.5 Å². The van der Waals surface area contributed by atoms with Crippen LogP contribution in [0.3, 0.4) is 0 Å². The molecule has 0 saturated heterocycles. The third-order valence-electron chi connectivity index (χ3n) is 3.93. The quantitative estimate of drug-likeness (QED) is 0.864. The summed E-state index contributed by atoms with van der Waals surface area (Å²) in [6, 6.07) is 4.05. The smallest absolute Gasteiger partial charge is 0.215 e. The second-order valence-electron chi connectivity index (χ2n) is 5.72. The van der Waals surface area contributed by atoms with Crippen LogP contribution in [-0.4, -0.2) is 18.1 Å². The molecule has 100 valence electrons. The van der Waals surface area contributed by atoms with Gasteiger partial charge in [-0.1, -0.05) is 26.7 Å². The third kappa shape index (κ3) is 2.68. The molecule has 2 rings (SSSR count). The van der Waals surface area contributed by atoms with E-state index in [0.717, 1.165) is 5.82 Å². The number of nitrogen functional groups attached to an aromatic ring is 1. The maximum atomic E-state index is 5.97. The van der Waals surface area contributed by atoms with E-state index >= 15 is 0 Å². The molecule has 0 bridgehead atoms. The van der Waals surface area contributed by atoms with Crippen molar-refractivity contribution in [1.82, 2.24) is 4.98 Å². The number of nitrogens with zero attached hydrogens (tertiary/aromatic N) is 1. The molecule has 1 heterocycles. The molecule has 0 aromatic carbocycles. The average molecular weight is 249 g/mol. The van der Waals surface area contributed by atoms with Gasteiger partial charge in [-0.15, -0.1) is 0 Å². The number of hydrogen-bond acceptors (Lipinski definition) is 4. The average Bonchev–Trinajstić information content (AvgIpc) is 2.34. The fourth-order valence-corrected chi connectivity index (χ4v) is 2.61. The summed E-state index contributed by atoms with van der Waals surface area (Å²) in [5, 5.41) is 3.50. The number of nitrogens with one attached hydrogen (secondary N) is 1. The molecule has 1 saturated carbocycles. The van der Waals surface area contributed by atoms with E-state index in [-0.39, 0.29) is 5.41 Å².